The Labute approximate surface area is 118 Å². The molecule has 106 valence electrons. The second-order valence-corrected chi connectivity index (χ2v) is 4.66. The first-order chi connectivity index (χ1) is 9.67. The van der Waals surface area contributed by atoms with Gasteiger partial charge in [-0.2, -0.15) is 0 Å². The van der Waals surface area contributed by atoms with Gasteiger partial charge in [0.1, 0.15) is 11.6 Å². The van der Waals surface area contributed by atoms with Crippen LogP contribution in [0, 0.1) is 6.92 Å². The summed E-state index contributed by atoms with van der Waals surface area (Å²) in [6.45, 7) is 2.00. The summed E-state index contributed by atoms with van der Waals surface area (Å²) in [5.41, 5.74) is 11.9. The Morgan fingerprint density at radius 3 is 2.70 bits per heavy atom. The summed E-state index contributed by atoms with van der Waals surface area (Å²) >= 11 is 0. The van der Waals surface area contributed by atoms with E-state index in [0.29, 0.717) is 12.2 Å². The number of nitrogens with two attached hydrogens (primary N) is 2. The fourth-order valence-electron chi connectivity index (χ4n) is 2.38. The second kappa shape index (κ2) is 6.36. The summed E-state index contributed by atoms with van der Waals surface area (Å²) in [7, 11) is 1.66. The molecule has 5 N–H and O–H groups in total. The van der Waals surface area contributed by atoms with E-state index >= 15 is 0 Å². The highest BCUT2D eigenvalue weighted by Gasteiger charge is 2.18. The highest BCUT2D eigenvalue weighted by Crippen LogP contribution is 2.28. The molecule has 0 fully saturated rings. The monoisotopic (exact) mass is 272 g/mol. The van der Waals surface area contributed by atoms with Crippen LogP contribution in [0.15, 0.2) is 36.5 Å². The molecule has 0 amide bonds. The molecule has 5 heteroatoms. The molecule has 0 aliphatic rings. The molecule has 0 radical (unpaired) electrons. The fraction of sp³-hybridized carbons (Fsp3) is 0.267. The Morgan fingerprint density at radius 1 is 1.30 bits per heavy atom. The van der Waals surface area contributed by atoms with Crippen molar-refractivity contribution in [3.05, 3.63) is 53.2 Å². The van der Waals surface area contributed by atoms with Crippen molar-refractivity contribution in [3.63, 3.8) is 0 Å². The number of pyridine rings is 1. The summed E-state index contributed by atoms with van der Waals surface area (Å²) < 4.78 is 5.37. The zero-order valence-electron chi connectivity index (χ0n) is 11.8. The van der Waals surface area contributed by atoms with Crippen LogP contribution >= 0.6 is 0 Å². The van der Waals surface area contributed by atoms with Gasteiger partial charge in [0.25, 0.3) is 0 Å². The van der Waals surface area contributed by atoms with E-state index in [9.17, 15) is 0 Å². The number of nitrogens with one attached hydrogen (secondary N) is 1. The van der Waals surface area contributed by atoms with Crippen LogP contribution in [0.25, 0.3) is 0 Å². The van der Waals surface area contributed by atoms with Gasteiger partial charge >= 0.3 is 0 Å². The molecule has 1 aromatic heterocycles. The Balaban J connectivity index is 2.34. The SMILES string of the molecule is COc1ccccc1CC(NN)c1c(C)ccnc1N. The van der Waals surface area contributed by atoms with E-state index in [-0.39, 0.29) is 6.04 Å². The number of hydrogen-bond donors (Lipinski definition) is 3. The Morgan fingerprint density at radius 2 is 2.05 bits per heavy atom. The number of hydrazine groups is 1. The van der Waals surface area contributed by atoms with Crippen LogP contribution in [0.2, 0.25) is 0 Å². The van der Waals surface area contributed by atoms with Crippen molar-refractivity contribution in [2.24, 2.45) is 5.84 Å². The van der Waals surface area contributed by atoms with Crippen molar-refractivity contribution in [2.45, 2.75) is 19.4 Å². The van der Waals surface area contributed by atoms with Crippen molar-refractivity contribution < 1.29 is 4.74 Å². The topological polar surface area (TPSA) is 86.2 Å². The van der Waals surface area contributed by atoms with Crippen LogP contribution in [0.3, 0.4) is 0 Å². The van der Waals surface area contributed by atoms with E-state index in [4.69, 9.17) is 16.3 Å². The standard InChI is InChI=1S/C15H20N4O/c1-10-7-8-18-15(16)14(10)12(19-17)9-11-5-3-4-6-13(11)20-2/h3-8,12,19H,9,17H2,1-2H3,(H2,16,18). The smallest absolute Gasteiger partial charge is 0.128 e. The lowest BCUT2D eigenvalue weighted by molar-refractivity contribution is 0.405. The molecule has 1 atom stereocenters. The zero-order chi connectivity index (χ0) is 14.5. The summed E-state index contributed by atoms with van der Waals surface area (Å²) in [6, 6.07) is 9.69. The molecule has 20 heavy (non-hydrogen) atoms. The highest BCUT2D eigenvalue weighted by atomic mass is 16.5. The number of para-hydroxylation sites is 1. The molecule has 0 spiro atoms. The number of anilines is 1. The van der Waals surface area contributed by atoms with E-state index in [1.807, 2.05) is 37.3 Å². The molecule has 0 saturated carbocycles. The van der Waals surface area contributed by atoms with Gasteiger partial charge in [-0.25, -0.2) is 4.98 Å². The van der Waals surface area contributed by atoms with Crippen molar-refractivity contribution in [1.82, 2.24) is 10.4 Å². The lowest BCUT2D eigenvalue weighted by Gasteiger charge is -2.20. The number of benzene rings is 1. The van der Waals surface area contributed by atoms with E-state index in [0.717, 1.165) is 22.4 Å². The lowest BCUT2D eigenvalue weighted by Crippen LogP contribution is -2.31. The van der Waals surface area contributed by atoms with Gasteiger partial charge in [0.05, 0.1) is 13.2 Å². The quantitative estimate of drug-likeness (QED) is 0.570. The van der Waals surface area contributed by atoms with E-state index in [1.54, 1.807) is 13.3 Å². The zero-order valence-corrected chi connectivity index (χ0v) is 11.8. The summed E-state index contributed by atoms with van der Waals surface area (Å²) in [5.74, 6) is 7.05. The maximum absolute atomic E-state index is 5.98. The number of nitrogen functional groups attached to an aromatic ring is 1. The minimum absolute atomic E-state index is 0.111. The van der Waals surface area contributed by atoms with Crippen LogP contribution < -0.4 is 21.7 Å². The van der Waals surface area contributed by atoms with Gasteiger partial charge in [-0.05, 0) is 36.6 Å². The third-order valence-electron chi connectivity index (χ3n) is 3.41. The predicted octanol–water partition coefficient (Wildman–Crippen LogP) is 1.73. The number of hydrogen-bond acceptors (Lipinski definition) is 5. The molecular weight excluding hydrogens is 252 g/mol. The fourth-order valence-corrected chi connectivity index (χ4v) is 2.38. The first-order valence-electron chi connectivity index (χ1n) is 6.46. The molecule has 2 aromatic rings. The van der Waals surface area contributed by atoms with Gasteiger partial charge in [0.15, 0.2) is 0 Å². The maximum atomic E-state index is 5.98. The number of aromatic nitrogens is 1. The van der Waals surface area contributed by atoms with Gasteiger partial charge in [-0.1, -0.05) is 18.2 Å². The lowest BCUT2D eigenvalue weighted by atomic mass is 9.96. The number of rotatable bonds is 5. The minimum Gasteiger partial charge on any atom is -0.496 e. The summed E-state index contributed by atoms with van der Waals surface area (Å²) in [5, 5.41) is 0. The number of ether oxygens (including phenoxy) is 1. The molecule has 1 heterocycles. The Kier molecular flexibility index (Phi) is 4.55. The van der Waals surface area contributed by atoms with Crippen molar-refractivity contribution in [1.29, 1.82) is 0 Å². The van der Waals surface area contributed by atoms with Crippen LogP contribution in [0.4, 0.5) is 5.82 Å². The van der Waals surface area contributed by atoms with Crippen molar-refractivity contribution in [2.75, 3.05) is 12.8 Å². The maximum Gasteiger partial charge on any atom is 0.128 e. The van der Waals surface area contributed by atoms with E-state index < -0.39 is 0 Å². The van der Waals surface area contributed by atoms with Gasteiger partial charge in [-0.3, -0.25) is 11.3 Å². The largest absolute Gasteiger partial charge is 0.496 e. The molecular formula is C15H20N4O. The van der Waals surface area contributed by atoms with Crippen molar-refractivity contribution >= 4 is 5.82 Å². The number of nitrogens with zero attached hydrogens (tertiary/aromatic N) is 1. The third kappa shape index (κ3) is 2.89. The third-order valence-corrected chi connectivity index (χ3v) is 3.41. The molecule has 5 nitrogen and oxygen atoms in total. The van der Waals surface area contributed by atoms with Crippen LogP contribution in [-0.4, -0.2) is 12.1 Å². The first kappa shape index (κ1) is 14.3. The Bertz CT molecular complexity index is 566. The molecule has 1 aromatic carbocycles. The molecule has 0 saturated heterocycles. The van der Waals surface area contributed by atoms with Gasteiger partial charge in [0, 0.05) is 11.8 Å². The molecule has 0 aliphatic heterocycles. The van der Waals surface area contributed by atoms with Gasteiger partial charge in [0.2, 0.25) is 0 Å². The molecule has 2 rings (SSSR count). The van der Waals surface area contributed by atoms with Crippen LogP contribution in [0.5, 0.6) is 5.75 Å². The second-order valence-electron chi connectivity index (χ2n) is 4.66. The van der Waals surface area contributed by atoms with Crippen LogP contribution in [-0.2, 0) is 6.42 Å². The number of aryl methyl sites for hydroxylation is 1. The summed E-state index contributed by atoms with van der Waals surface area (Å²) in [6.07, 6.45) is 2.38. The van der Waals surface area contributed by atoms with Crippen LogP contribution in [0.1, 0.15) is 22.7 Å². The van der Waals surface area contributed by atoms with E-state index in [1.165, 1.54) is 0 Å². The molecule has 0 bridgehead atoms. The van der Waals surface area contributed by atoms with Crippen molar-refractivity contribution in [3.8, 4) is 5.75 Å². The predicted molar refractivity (Wildman–Crippen MR) is 80.1 cm³/mol. The average Bonchev–Trinajstić information content (AvgIpc) is 2.46. The molecule has 1 unspecified atom stereocenters. The molecule has 0 aliphatic carbocycles. The highest BCUT2D eigenvalue weighted by molar-refractivity contribution is 5.47. The van der Waals surface area contributed by atoms with Gasteiger partial charge < -0.3 is 10.5 Å². The number of methoxy groups -OCH3 is 1. The average molecular weight is 272 g/mol. The first-order valence-corrected chi connectivity index (χ1v) is 6.46. The summed E-state index contributed by atoms with van der Waals surface area (Å²) in [4.78, 5) is 4.14. The van der Waals surface area contributed by atoms with Gasteiger partial charge in [-0.15, -0.1) is 0 Å². The Hall–Kier alpha value is -2.11. The normalized spacial score (nSPS) is 12.2. The minimum atomic E-state index is -0.111. The van der Waals surface area contributed by atoms with E-state index in [2.05, 4.69) is 10.4 Å².